The van der Waals surface area contributed by atoms with Gasteiger partial charge in [0.2, 0.25) is 5.91 Å². The molecule has 4 aromatic rings. The molecule has 0 spiro atoms. The van der Waals surface area contributed by atoms with E-state index in [9.17, 15) is 9.59 Å². The molecule has 0 radical (unpaired) electrons. The van der Waals surface area contributed by atoms with E-state index in [1.165, 1.54) is 0 Å². The van der Waals surface area contributed by atoms with Crippen LogP contribution in [-0.2, 0) is 24.3 Å². The van der Waals surface area contributed by atoms with Crippen LogP contribution in [0.25, 0.3) is 28.2 Å². The van der Waals surface area contributed by atoms with E-state index in [0.717, 1.165) is 52.6 Å². The highest BCUT2D eigenvalue weighted by molar-refractivity contribution is 5.91. The summed E-state index contributed by atoms with van der Waals surface area (Å²) in [6, 6.07) is 9.37. The molecule has 9 heteroatoms. The second-order valence-electron chi connectivity index (χ2n) is 7.82. The van der Waals surface area contributed by atoms with Crippen LogP contribution in [0.2, 0.25) is 0 Å². The van der Waals surface area contributed by atoms with E-state index in [2.05, 4.69) is 21.5 Å². The number of nitrogens with zero attached hydrogens (tertiary/aromatic N) is 6. The maximum Gasteiger partial charge on any atom is 0.267 e. The van der Waals surface area contributed by atoms with Gasteiger partial charge in [-0.3, -0.25) is 19.0 Å². The van der Waals surface area contributed by atoms with Crippen molar-refractivity contribution in [3.8, 4) is 22.6 Å². The Morgan fingerprint density at radius 2 is 1.94 bits per heavy atom. The summed E-state index contributed by atoms with van der Waals surface area (Å²) >= 11 is 0. The number of rotatable bonds is 4. The summed E-state index contributed by atoms with van der Waals surface area (Å²) in [5.74, 6) is 0.516. The summed E-state index contributed by atoms with van der Waals surface area (Å²) in [6.45, 7) is 5.67. The third-order valence-corrected chi connectivity index (χ3v) is 5.95. The van der Waals surface area contributed by atoms with E-state index in [1.807, 2.05) is 27.5 Å². The Morgan fingerprint density at radius 3 is 2.62 bits per heavy atom. The van der Waals surface area contributed by atoms with E-state index >= 15 is 0 Å². The van der Waals surface area contributed by atoms with Gasteiger partial charge in [0.25, 0.3) is 5.91 Å². The molecule has 1 aliphatic heterocycles. The molecule has 0 saturated heterocycles. The average Bonchev–Trinajstić information content (AvgIpc) is 3.40. The highest BCUT2D eigenvalue weighted by atomic mass is 16.2. The van der Waals surface area contributed by atoms with Crippen molar-refractivity contribution in [2.75, 3.05) is 6.54 Å². The first-order valence-electron chi connectivity index (χ1n) is 10.5. The Morgan fingerprint density at radius 1 is 1.09 bits per heavy atom. The molecule has 0 saturated carbocycles. The first-order valence-corrected chi connectivity index (χ1v) is 10.5. The van der Waals surface area contributed by atoms with Crippen LogP contribution >= 0.6 is 0 Å². The number of hydrogen-bond acceptors (Lipinski definition) is 5. The number of carbonyl (C=O) groups excluding carboxylic acids is 2. The van der Waals surface area contributed by atoms with Crippen molar-refractivity contribution in [3.63, 3.8) is 0 Å². The van der Waals surface area contributed by atoms with Crippen molar-refractivity contribution >= 4 is 17.3 Å². The standard InChI is InChI=1S/C23H23N7O2/c1-3-20-27-22(19-12-28(14(2)31)9-10-29(19)20)18-6-4-5-17-21(26-13-30(17)18)15-7-8-16(23(24)32)25-11-15/h4-8,11,13H,3,9-10,12H2,1-2H3,(H2,24,32). The predicted molar refractivity (Wildman–Crippen MR) is 119 cm³/mol. The Hall–Kier alpha value is -4.01. The van der Waals surface area contributed by atoms with Crippen molar-refractivity contribution in [2.24, 2.45) is 5.73 Å². The number of imidazole rings is 2. The van der Waals surface area contributed by atoms with Gasteiger partial charge in [0, 0.05) is 38.2 Å². The number of primary amides is 1. The van der Waals surface area contributed by atoms with E-state index < -0.39 is 5.91 Å². The van der Waals surface area contributed by atoms with Crippen LogP contribution in [0.3, 0.4) is 0 Å². The topological polar surface area (TPSA) is 111 Å². The Balaban J connectivity index is 1.63. The molecule has 32 heavy (non-hydrogen) atoms. The van der Waals surface area contributed by atoms with Gasteiger partial charge in [-0.05, 0) is 24.3 Å². The molecule has 4 aromatic heterocycles. The summed E-state index contributed by atoms with van der Waals surface area (Å²) in [6.07, 6.45) is 4.19. The van der Waals surface area contributed by atoms with E-state index in [4.69, 9.17) is 10.7 Å². The first kappa shape index (κ1) is 19.9. The number of carbonyl (C=O) groups is 2. The third kappa shape index (κ3) is 3.13. The normalized spacial score (nSPS) is 13.4. The molecular formula is C23H23N7O2. The lowest BCUT2D eigenvalue weighted by molar-refractivity contribution is -0.130. The third-order valence-electron chi connectivity index (χ3n) is 5.95. The minimum atomic E-state index is -0.565. The summed E-state index contributed by atoms with van der Waals surface area (Å²) in [7, 11) is 0. The van der Waals surface area contributed by atoms with Crippen LogP contribution < -0.4 is 5.73 Å². The van der Waals surface area contributed by atoms with Gasteiger partial charge in [0.05, 0.1) is 29.1 Å². The number of pyridine rings is 2. The van der Waals surface area contributed by atoms with Gasteiger partial charge in [0.15, 0.2) is 0 Å². The van der Waals surface area contributed by atoms with Gasteiger partial charge in [-0.1, -0.05) is 13.0 Å². The minimum Gasteiger partial charge on any atom is -0.364 e. The lowest BCUT2D eigenvalue weighted by Gasteiger charge is -2.28. The summed E-state index contributed by atoms with van der Waals surface area (Å²) in [5.41, 5.74) is 10.8. The van der Waals surface area contributed by atoms with Crippen molar-refractivity contribution in [3.05, 3.63) is 60.1 Å². The number of aryl methyl sites for hydroxylation is 1. The molecular weight excluding hydrogens is 406 g/mol. The van der Waals surface area contributed by atoms with Crippen LogP contribution in [0.5, 0.6) is 0 Å². The second-order valence-corrected chi connectivity index (χ2v) is 7.82. The van der Waals surface area contributed by atoms with Crippen LogP contribution in [-0.4, -0.2) is 47.2 Å². The summed E-state index contributed by atoms with van der Waals surface area (Å²) in [5, 5.41) is 0. The number of nitrogens with two attached hydrogens (primary N) is 1. The molecule has 1 aliphatic rings. The zero-order valence-electron chi connectivity index (χ0n) is 17.9. The highest BCUT2D eigenvalue weighted by Gasteiger charge is 2.26. The summed E-state index contributed by atoms with van der Waals surface area (Å²) in [4.78, 5) is 38.9. The van der Waals surface area contributed by atoms with Crippen LogP contribution in [0.4, 0.5) is 0 Å². The molecule has 2 N–H and O–H groups in total. The van der Waals surface area contributed by atoms with Gasteiger partial charge in [-0.25, -0.2) is 9.97 Å². The largest absolute Gasteiger partial charge is 0.364 e. The monoisotopic (exact) mass is 429 g/mol. The SMILES string of the molecule is CCc1nc(-c2cccc3c(-c4ccc(C(N)=O)nc4)ncn23)c2n1CCN(C(C)=O)C2. The first-order chi connectivity index (χ1) is 15.5. The van der Waals surface area contributed by atoms with Crippen molar-refractivity contribution in [1.82, 2.24) is 28.8 Å². The zero-order chi connectivity index (χ0) is 22.4. The lowest BCUT2D eigenvalue weighted by Crippen LogP contribution is -2.37. The molecule has 162 valence electrons. The molecule has 0 bridgehead atoms. The number of hydrogen-bond donors (Lipinski definition) is 1. The van der Waals surface area contributed by atoms with Crippen LogP contribution in [0, 0.1) is 0 Å². The quantitative estimate of drug-likeness (QED) is 0.535. The fourth-order valence-corrected chi connectivity index (χ4v) is 4.30. The highest BCUT2D eigenvalue weighted by Crippen LogP contribution is 2.31. The molecule has 2 amide bonds. The van der Waals surface area contributed by atoms with Crippen molar-refractivity contribution in [2.45, 2.75) is 33.4 Å². The van der Waals surface area contributed by atoms with Crippen LogP contribution in [0.15, 0.2) is 42.9 Å². The molecule has 0 atom stereocenters. The van der Waals surface area contributed by atoms with Gasteiger partial charge in [0.1, 0.15) is 23.5 Å². The molecule has 0 aliphatic carbocycles. The van der Waals surface area contributed by atoms with Gasteiger partial charge >= 0.3 is 0 Å². The van der Waals surface area contributed by atoms with E-state index in [-0.39, 0.29) is 11.6 Å². The Labute approximate surface area is 184 Å². The van der Waals surface area contributed by atoms with Crippen molar-refractivity contribution < 1.29 is 9.59 Å². The molecule has 0 unspecified atom stereocenters. The predicted octanol–water partition coefficient (Wildman–Crippen LogP) is 2.28. The lowest BCUT2D eigenvalue weighted by atomic mass is 10.1. The molecule has 5 heterocycles. The second kappa shape index (κ2) is 7.60. The smallest absolute Gasteiger partial charge is 0.267 e. The van der Waals surface area contributed by atoms with E-state index in [1.54, 1.807) is 31.6 Å². The van der Waals surface area contributed by atoms with Gasteiger partial charge in [-0.15, -0.1) is 0 Å². The number of amides is 2. The molecule has 5 rings (SSSR count). The molecule has 9 nitrogen and oxygen atoms in total. The zero-order valence-corrected chi connectivity index (χ0v) is 17.9. The Bertz CT molecular complexity index is 1350. The minimum absolute atomic E-state index is 0.0662. The fourth-order valence-electron chi connectivity index (χ4n) is 4.30. The summed E-state index contributed by atoms with van der Waals surface area (Å²) < 4.78 is 4.24. The maximum atomic E-state index is 12.0. The van der Waals surface area contributed by atoms with E-state index in [0.29, 0.717) is 13.1 Å². The fraction of sp³-hybridized carbons (Fsp3) is 0.261. The average molecular weight is 429 g/mol. The molecule has 0 fully saturated rings. The Kier molecular flexibility index (Phi) is 4.73. The van der Waals surface area contributed by atoms with Crippen molar-refractivity contribution in [1.29, 1.82) is 0 Å². The number of fused-ring (bicyclic) bond motifs is 2. The van der Waals surface area contributed by atoms with Gasteiger partial charge < -0.3 is 15.2 Å². The molecule has 0 aromatic carbocycles. The van der Waals surface area contributed by atoms with Gasteiger partial charge in [-0.2, -0.15) is 0 Å². The maximum absolute atomic E-state index is 12.0. The van der Waals surface area contributed by atoms with Crippen LogP contribution in [0.1, 0.15) is 35.9 Å². The number of aromatic nitrogens is 5.